The number of amides is 1. The summed E-state index contributed by atoms with van der Waals surface area (Å²) in [5.74, 6) is -1.14. The van der Waals surface area contributed by atoms with E-state index in [0.29, 0.717) is 13.1 Å². The van der Waals surface area contributed by atoms with Crippen molar-refractivity contribution in [2.24, 2.45) is 0 Å². The Morgan fingerprint density at radius 1 is 1.13 bits per heavy atom. The number of hydrogen-bond donors (Lipinski definition) is 0. The minimum absolute atomic E-state index is 0.00428. The Kier molecular flexibility index (Phi) is 5.86. The molecule has 0 saturated heterocycles. The average molecular weight is 355 g/mol. The molecule has 0 unspecified atom stereocenters. The zero-order chi connectivity index (χ0) is 17.8. The lowest BCUT2D eigenvalue weighted by atomic mass is 10.1. The van der Waals surface area contributed by atoms with Gasteiger partial charge in [-0.2, -0.15) is 21.6 Å². The molecule has 0 N–H and O–H groups in total. The Labute approximate surface area is 131 Å². The predicted octanol–water partition coefficient (Wildman–Crippen LogP) is 2.41. The molecule has 0 saturated carbocycles. The summed E-state index contributed by atoms with van der Waals surface area (Å²) in [5.41, 5.74) is -5.61. The zero-order valence-electron chi connectivity index (χ0n) is 12.7. The van der Waals surface area contributed by atoms with Gasteiger partial charge in [0.2, 0.25) is 0 Å². The fraction of sp³-hybridized carbons (Fsp3) is 0.462. The van der Waals surface area contributed by atoms with Crippen LogP contribution >= 0.6 is 0 Å². The van der Waals surface area contributed by atoms with Gasteiger partial charge in [-0.05, 0) is 26.0 Å². The minimum Gasteiger partial charge on any atom is -0.497 e. The molecule has 0 aliphatic carbocycles. The van der Waals surface area contributed by atoms with Crippen LogP contribution < -0.4 is 8.92 Å². The molecule has 1 amide bonds. The summed E-state index contributed by atoms with van der Waals surface area (Å²) in [4.78, 5) is 13.6. The lowest BCUT2D eigenvalue weighted by Gasteiger charge is -2.19. The van der Waals surface area contributed by atoms with Gasteiger partial charge in [0.05, 0.1) is 7.11 Å². The SMILES string of the molecule is CCN(CC)C(=O)c1cc(OC)cc(OS(=O)(=O)C(F)(F)F)c1. The van der Waals surface area contributed by atoms with Crippen molar-refractivity contribution in [3.05, 3.63) is 23.8 Å². The van der Waals surface area contributed by atoms with Gasteiger partial charge in [-0.1, -0.05) is 0 Å². The van der Waals surface area contributed by atoms with Crippen molar-refractivity contribution in [2.75, 3.05) is 20.2 Å². The number of alkyl halides is 3. The molecule has 0 aliphatic rings. The van der Waals surface area contributed by atoms with Crippen LogP contribution in [0.1, 0.15) is 24.2 Å². The van der Waals surface area contributed by atoms with Gasteiger partial charge in [0, 0.05) is 24.7 Å². The van der Waals surface area contributed by atoms with Crippen LogP contribution in [-0.4, -0.2) is 44.9 Å². The second-order valence-corrected chi connectivity index (χ2v) is 5.90. The highest BCUT2D eigenvalue weighted by Crippen LogP contribution is 2.30. The van der Waals surface area contributed by atoms with Gasteiger partial charge in [-0.3, -0.25) is 4.79 Å². The molecule has 130 valence electrons. The van der Waals surface area contributed by atoms with Gasteiger partial charge in [0.1, 0.15) is 11.5 Å². The second kappa shape index (κ2) is 7.07. The third kappa shape index (κ3) is 4.50. The molecule has 10 heteroatoms. The van der Waals surface area contributed by atoms with Gasteiger partial charge in [0.15, 0.2) is 0 Å². The molecule has 0 aliphatic heterocycles. The molecule has 0 bridgehead atoms. The highest BCUT2D eigenvalue weighted by Gasteiger charge is 2.48. The number of rotatable bonds is 6. The molecule has 23 heavy (non-hydrogen) atoms. The zero-order valence-corrected chi connectivity index (χ0v) is 13.5. The monoisotopic (exact) mass is 355 g/mol. The number of halogens is 3. The summed E-state index contributed by atoms with van der Waals surface area (Å²) in [6.45, 7) is 4.22. The van der Waals surface area contributed by atoms with E-state index < -0.39 is 27.3 Å². The molecule has 1 aromatic rings. The second-order valence-electron chi connectivity index (χ2n) is 4.36. The van der Waals surface area contributed by atoms with E-state index in [9.17, 15) is 26.4 Å². The smallest absolute Gasteiger partial charge is 0.497 e. The molecule has 0 spiro atoms. The van der Waals surface area contributed by atoms with Crippen LogP contribution in [0, 0.1) is 0 Å². The number of carbonyl (C=O) groups excluding carboxylic acids is 1. The van der Waals surface area contributed by atoms with Gasteiger partial charge < -0.3 is 13.8 Å². The summed E-state index contributed by atoms with van der Waals surface area (Å²) in [6, 6.07) is 3.16. The minimum atomic E-state index is -5.83. The van der Waals surface area contributed by atoms with Crippen LogP contribution in [0.3, 0.4) is 0 Å². The van der Waals surface area contributed by atoms with Crippen LogP contribution in [0.4, 0.5) is 13.2 Å². The van der Waals surface area contributed by atoms with E-state index in [1.54, 1.807) is 13.8 Å². The van der Waals surface area contributed by atoms with Gasteiger partial charge in [-0.15, -0.1) is 0 Å². The van der Waals surface area contributed by atoms with Crippen molar-refractivity contribution in [1.29, 1.82) is 0 Å². The van der Waals surface area contributed by atoms with E-state index in [-0.39, 0.29) is 11.3 Å². The van der Waals surface area contributed by atoms with Crippen LogP contribution in [-0.2, 0) is 10.1 Å². The van der Waals surface area contributed by atoms with Crippen molar-refractivity contribution in [1.82, 2.24) is 4.90 Å². The first kappa shape index (κ1) is 19.1. The van der Waals surface area contributed by atoms with E-state index in [2.05, 4.69) is 4.18 Å². The summed E-state index contributed by atoms with van der Waals surface area (Å²) in [5, 5.41) is 0. The Bertz CT molecular complexity index is 669. The first-order chi connectivity index (χ1) is 10.6. The average Bonchev–Trinajstić information content (AvgIpc) is 2.46. The van der Waals surface area contributed by atoms with Crippen molar-refractivity contribution < 1.29 is 35.3 Å². The Morgan fingerprint density at radius 3 is 2.09 bits per heavy atom. The summed E-state index contributed by atoms with van der Waals surface area (Å²) in [6.07, 6.45) is 0. The van der Waals surface area contributed by atoms with Crippen molar-refractivity contribution in [3.63, 3.8) is 0 Å². The Morgan fingerprint density at radius 2 is 1.65 bits per heavy atom. The van der Waals surface area contributed by atoms with Crippen LogP contribution in [0.25, 0.3) is 0 Å². The maximum absolute atomic E-state index is 12.4. The molecule has 1 rings (SSSR count). The van der Waals surface area contributed by atoms with E-state index in [1.165, 1.54) is 18.1 Å². The highest BCUT2D eigenvalue weighted by molar-refractivity contribution is 7.88. The normalized spacial score (nSPS) is 11.9. The molecular weight excluding hydrogens is 339 g/mol. The highest BCUT2D eigenvalue weighted by atomic mass is 32.2. The van der Waals surface area contributed by atoms with Crippen molar-refractivity contribution >= 4 is 16.0 Å². The number of benzene rings is 1. The standard InChI is InChI=1S/C13H16F3NO5S/c1-4-17(5-2)12(18)9-6-10(21-3)8-11(7-9)22-23(19,20)13(14,15)16/h6-8H,4-5H2,1-3H3. The molecule has 6 nitrogen and oxygen atoms in total. The molecule has 1 aromatic carbocycles. The van der Waals surface area contributed by atoms with E-state index in [4.69, 9.17) is 4.74 Å². The van der Waals surface area contributed by atoms with E-state index in [1.807, 2.05) is 0 Å². The van der Waals surface area contributed by atoms with Gasteiger partial charge in [0.25, 0.3) is 5.91 Å². The Balaban J connectivity index is 3.26. The van der Waals surface area contributed by atoms with Gasteiger partial charge in [-0.25, -0.2) is 0 Å². The summed E-state index contributed by atoms with van der Waals surface area (Å²) >= 11 is 0. The maximum atomic E-state index is 12.4. The fourth-order valence-electron chi connectivity index (χ4n) is 1.73. The van der Waals surface area contributed by atoms with Crippen LogP contribution in [0.2, 0.25) is 0 Å². The third-order valence-corrected chi connectivity index (χ3v) is 3.88. The topological polar surface area (TPSA) is 72.9 Å². The third-order valence-electron chi connectivity index (χ3n) is 2.90. The number of nitrogens with zero attached hydrogens (tertiary/aromatic N) is 1. The molecule has 0 atom stereocenters. The first-order valence-electron chi connectivity index (χ1n) is 6.54. The first-order valence-corrected chi connectivity index (χ1v) is 7.95. The lowest BCUT2D eigenvalue weighted by Crippen LogP contribution is -2.31. The van der Waals surface area contributed by atoms with Crippen molar-refractivity contribution in [2.45, 2.75) is 19.4 Å². The lowest BCUT2D eigenvalue weighted by molar-refractivity contribution is -0.0500. The number of methoxy groups -OCH3 is 1. The number of ether oxygens (including phenoxy) is 1. The molecule has 0 heterocycles. The largest absolute Gasteiger partial charge is 0.534 e. The molecular formula is C13H16F3NO5S. The summed E-state index contributed by atoms with van der Waals surface area (Å²) in [7, 11) is -4.60. The van der Waals surface area contributed by atoms with E-state index >= 15 is 0 Å². The van der Waals surface area contributed by atoms with E-state index in [0.717, 1.165) is 12.1 Å². The number of hydrogen-bond acceptors (Lipinski definition) is 5. The summed E-state index contributed by atoms with van der Waals surface area (Å²) < 4.78 is 68.2. The molecule has 0 fully saturated rings. The number of carbonyl (C=O) groups is 1. The van der Waals surface area contributed by atoms with Crippen LogP contribution in [0.15, 0.2) is 18.2 Å². The predicted molar refractivity (Wildman–Crippen MR) is 75.8 cm³/mol. The maximum Gasteiger partial charge on any atom is 0.534 e. The van der Waals surface area contributed by atoms with Crippen LogP contribution in [0.5, 0.6) is 11.5 Å². The Hall–Kier alpha value is -1.97. The molecule has 0 aromatic heterocycles. The quantitative estimate of drug-likeness (QED) is 0.579. The molecule has 0 radical (unpaired) electrons. The van der Waals surface area contributed by atoms with Crippen molar-refractivity contribution in [3.8, 4) is 11.5 Å². The fourth-order valence-corrected chi connectivity index (χ4v) is 2.17. The van der Waals surface area contributed by atoms with Gasteiger partial charge >= 0.3 is 15.6 Å².